The first kappa shape index (κ1) is 21.7. The molecule has 1 aliphatic rings. The Hall–Kier alpha value is -2.00. The first-order valence-corrected chi connectivity index (χ1v) is 10.7. The Bertz CT molecular complexity index is 878. The van der Waals surface area contributed by atoms with Gasteiger partial charge in [-0.05, 0) is 18.6 Å². The van der Waals surface area contributed by atoms with Crippen molar-refractivity contribution in [3.8, 4) is 0 Å². The van der Waals surface area contributed by atoms with Gasteiger partial charge in [-0.3, -0.25) is 19.4 Å². The van der Waals surface area contributed by atoms with Crippen LogP contribution in [0.5, 0.6) is 0 Å². The second-order valence-corrected chi connectivity index (χ2v) is 8.73. The maximum atomic E-state index is 12.4. The van der Waals surface area contributed by atoms with Crippen molar-refractivity contribution in [1.82, 2.24) is 19.7 Å². The van der Waals surface area contributed by atoms with Crippen LogP contribution >= 0.6 is 22.9 Å². The number of carbonyl (C=O) groups excluding carboxylic acids is 2. The number of hydrogen-bond acceptors (Lipinski definition) is 6. The molecule has 1 aliphatic heterocycles. The Morgan fingerprint density at radius 1 is 1.17 bits per heavy atom. The predicted octanol–water partition coefficient (Wildman–Crippen LogP) is 2.56. The molecule has 1 fully saturated rings. The molecule has 0 atom stereocenters. The number of aryl methyl sites for hydroxylation is 1. The van der Waals surface area contributed by atoms with Crippen molar-refractivity contribution >= 4 is 39.9 Å². The van der Waals surface area contributed by atoms with E-state index in [2.05, 4.69) is 20.1 Å². The van der Waals surface area contributed by atoms with Crippen molar-refractivity contribution in [3.05, 3.63) is 45.4 Å². The van der Waals surface area contributed by atoms with Gasteiger partial charge in [-0.25, -0.2) is 4.98 Å². The van der Waals surface area contributed by atoms with Gasteiger partial charge in [0.2, 0.25) is 5.91 Å². The van der Waals surface area contributed by atoms with E-state index in [0.717, 1.165) is 43.3 Å². The monoisotopic (exact) mass is 435 g/mol. The Morgan fingerprint density at radius 2 is 1.83 bits per heavy atom. The van der Waals surface area contributed by atoms with Crippen LogP contribution in [0.1, 0.15) is 20.9 Å². The molecule has 1 N–H and O–H groups in total. The molecule has 0 saturated carbocycles. The van der Waals surface area contributed by atoms with Crippen LogP contribution in [0.25, 0.3) is 0 Å². The zero-order valence-corrected chi connectivity index (χ0v) is 18.5. The zero-order valence-electron chi connectivity index (χ0n) is 16.9. The molecule has 0 aliphatic carbocycles. The number of anilines is 1. The number of piperazine rings is 1. The number of hydrogen-bond donors (Lipinski definition) is 1. The van der Waals surface area contributed by atoms with Crippen LogP contribution in [0.15, 0.2) is 24.3 Å². The van der Waals surface area contributed by atoms with Crippen LogP contribution in [-0.4, -0.2) is 78.3 Å². The molecule has 9 heteroatoms. The van der Waals surface area contributed by atoms with Gasteiger partial charge in [0.15, 0.2) is 5.13 Å². The van der Waals surface area contributed by atoms with Crippen molar-refractivity contribution in [3.63, 3.8) is 0 Å². The van der Waals surface area contributed by atoms with E-state index < -0.39 is 0 Å². The fraction of sp³-hybridized carbons (Fsp3) is 0.450. The van der Waals surface area contributed by atoms with Gasteiger partial charge in [0.1, 0.15) is 4.88 Å². The molecule has 0 bridgehead atoms. The standard InChI is InChI=1S/C20H26ClN5O2S/c1-14-18(19(28)24(2)3)29-20(22-14)23-17(27)13-26-10-8-25(9-11-26)12-15-6-4-5-7-16(15)21/h4-7H,8-13H2,1-3H3,(H,22,23,27). The maximum Gasteiger partial charge on any atom is 0.265 e. The summed E-state index contributed by atoms with van der Waals surface area (Å²) in [5, 5.41) is 4.09. The third-order valence-electron chi connectivity index (χ3n) is 4.83. The number of nitrogens with one attached hydrogen (secondary N) is 1. The van der Waals surface area contributed by atoms with Crippen LogP contribution < -0.4 is 5.32 Å². The molecule has 1 aromatic heterocycles. The maximum absolute atomic E-state index is 12.4. The van der Waals surface area contributed by atoms with Crippen LogP contribution in [0, 0.1) is 6.92 Å². The number of rotatable bonds is 6. The van der Waals surface area contributed by atoms with Crippen molar-refractivity contribution in [1.29, 1.82) is 0 Å². The van der Waals surface area contributed by atoms with E-state index in [1.54, 1.807) is 21.0 Å². The summed E-state index contributed by atoms with van der Waals surface area (Å²) in [4.78, 5) is 35.4. The molecular weight excluding hydrogens is 410 g/mol. The minimum Gasteiger partial charge on any atom is -0.344 e. The molecule has 156 valence electrons. The first-order valence-electron chi connectivity index (χ1n) is 9.50. The summed E-state index contributed by atoms with van der Waals surface area (Å²) in [6, 6.07) is 7.90. The Kier molecular flexibility index (Phi) is 7.23. The van der Waals surface area contributed by atoms with Gasteiger partial charge in [-0.2, -0.15) is 0 Å². The smallest absolute Gasteiger partial charge is 0.265 e. The molecule has 3 rings (SSSR count). The average molecular weight is 436 g/mol. The van der Waals surface area contributed by atoms with E-state index in [1.165, 1.54) is 16.2 Å². The number of nitrogens with zero attached hydrogens (tertiary/aromatic N) is 4. The highest BCUT2D eigenvalue weighted by atomic mass is 35.5. The second-order valence-electron chi connectivity index (χ2n) is 7.33. The molecule has 2 heterocycles. The third-order valence-corrected chi connectivity index (χ3v) is 6.26. The topological polar surface area (TPSA) is 68.8 Å². The molecule has 1 saturated heterocycles. The zero-order chi connectivity index (χ0) is 21.0. The van der Waals surface area contributed by atoms with Gasteiger partial charge < -0.3 is 10.2 Å². The molecule has 2 amide bonds. The number of aromatic nitrogens is 1. The third kappa shape index (κ3) is 5.76. The van der Waals surface area contributed by atoms with Gasteiger partial charge in [0, 0.05) is 51.8 Å². The average Bonchev–Trinajstić information content (AvgIpc) is 3.04. The molecule has 7 nitrogen and oxygen atoms in total. The highest BCUT2D eigenvalue weighted by molar-refractivity contribution is 7.17. The van der Waals surface area contributed by atoms with Gasteiger partial charge in [0.05, 0.1) is 12.2 Å². The highest BCUT2D eigenvalue weighted by Gasteiger charge is 2.21. The number of benzene rings is 1. The highest BCUT2D eigenvalue weighted by Crippen LogP contribution is 2.23. The summed E-state index contributed by atoms with van der Waals surface area (Å²) >= 11 is 7.46. The summed E-state index contributed by atoms with van der Waals surface area (Å²) in [6.45, 7) is 6.32. The number of halogens is 1. The molecule has 0 spiro atoms. The largest absolute Gasteiger partial charge is 0.344 e. The van der Waals surface area contributed by atoms with Gasteiger partial charge in [-0.1, -0.05) is 41.1 Å². The summed E-state index contributed by atoms with van der Waals surface area (Å²) < 4.78 is 0. The lowest BCUT2D eigenvalue weighted by Gasteiger charge is -2.34. The van der Waals surface area contributed by atoms with Gasteiger partial charge in [0.25, 0.3) is 5.91 Å². The van der Waals surface area contributed by atoms with Crippen LogP contribution in [0.2, 0.25) is 5.02 Å². The van der Waals surface area contributed by atoms with E-state index in [-0.39, 0.29) is 11.8 Å². The Labute approximate surface area is 180 Å². The van der Waals surface area contributed by atoms with Gasteiger partial charge >= 0.3 is 0 Å². The van der Waals surface area contributed by atoms with Crippen LogP contribution in [0.3, 0.4) is 0 Å². The molecule has 0 radical (unpaired) electrons. The second kappa shape index (κ2) is 9.67. The molecule has 2 aromatic rings. The van der Waals surface area contributed by atoms with E-state index in [9.17, 15) is 9.59 Å². The summed E-state index contributed by atoms with van der Waals surface area (Å²) in [5.41, 5.74) is 1.76. The summed E-state index contributed by atoms with van der Waals surface area (Å²) in [5.74, 6) is -0.211. The van der Waals surface area contributed by atoms with Crippen molar-refractivity contribution in [2.24, 2.45) is 0 Å². The normalized spacial score (nSPS) is 15.3. The van der Waals surface area contributed by atoms with Crippen LogP contribution in [-0.2, 0) is 11.3 Å². The fourth-order valence-corrected chi connectivity index (χ4v) is 4.39. The lowest BCUT2D eigenvalue weighted by Crippen LogP contribution is -2.48. The lowest BCUT2D eigenvalue weighted by molar-refractivity contribution is -0.117. The quantitative estimate of drug-likeness (QED) is 0.755. The molecule has 29 heavy (non-hydrogen) atoms. The lowest BCUT2D eigenvalue weighted by atomic mass is 10.2. The predicted molar refractivity (Wildman–Crippen MR) is 117 cm³/mol. The summed E-state index contributed by atoms with van der Waals surface area (Å²) in [7, 11) is 3.40. The Morgan fingerprint density at radius 3 is 2.48 bits per heavy atom. The van der Waals surface area contributed by atoms with Crippen molar-refractivity contribution in [2.45, 2.75) is 13.5 Å². The van der Waals surface area contributed by atoms with Gasteiger partial charge in [-0.15, -0.1) is 0 Å². The molecule has 1 aromatic carbocycles. The molecule has 0 unspecified atom stereocenters. The first-order chi connectivity index (χ1) is 13.8. The number of amides is 2. The summed E-state index contributed by atoms with van der Waals surface area (Å²) in [6.07, 6.45) is 0. The fourth-order valence-electron chi connectivity index (χ4n) is 3.19. The Balaban J connectivity index is 1.47. The van der Waals surface area contributed by atoms with Crippen molar-refractivity contribution < 1.29 is 9.59 Å². The molecular formula is C20H26ClN5O2S. The van der Waals surface area contributed by atoms with Crippen LogP contribution in [0.4, 0.5) is 5.13 Å². The minimum atomic E-state index is -0.109. The van der Waals surface area contributed by atoms with Crippen molar-refractivity contribution in [2.75, 3.05) is 52.1 Å². The van der Waals surface area contributed by atoms with E-state index in [1.807, 2.05) is 24.3 Å². The number of carbonyl (C=O) groups is 2. The number of thiazole rings is 1. The van der Waals surface area contributed by atoms with E-state index >= 15 is 0 Å². The van der Waals surface area contributed by atoms with E-state index in [0.29, 0.717) is 22.2 Å². The minimum absolute atomic E-state index is 0.102. The SMILES string of the molecule is Cc1nc(NC(=O)CN2CCN(Cc3ccccc3Cl)CC2)sc1C(=O)N(C)C. The van der Waals surface area contributed by atoms with E-state index in [4.69, 9.17) is 11.6 Å².